The number of fused-ring (bicyclic) bond motifs is 1. The molecule has 0 aliphatic heterocycles. The van der Waals surface area contributed by atoms with Crippen LogP contribution < -0.4 is 0 Å². The molecule has 1 aliphatic carbocycles. The number of carboxylic acids is 1. The Balaban J connectivity index is 2.17. The lowest BCUT2D eigenvalue weighted by Crippen LogP contribution is -2.40. The second-order valence-electron chi connectivity index (χ2n) is 6.12. The molecule has 1 atom stereocenters. The molecule has 20 heavy (non-hydrogen) atoms. The maximum Gasteiger partial charge on any atom is 0.314 e. The van der Waals surface area contributed by atoms with E-state index in [2.05, 4.69) is 19.9 Å². The Morgan fingerprint density at radius 2 is 2.15 bits per heavy atom. The van der Waals surface area contributed by atoms with Gasteiger partial charge in [0, 0.05) is 13.2 Å². The summed E-state index contributed by atoms with van der Waals surface area (Å²) in [5.41, 5.74) is 1.42. The van der Waals surface area contributed by atoms with Crippen LogP contribution in [0.15, 0.2) is 24.3 Å². The fraction of sp³-hybridized carbons (Fsp3) is 0.588. The Labute approximate surface area is 121 Å². The summed E-state index contributed by atoms with van der Waals surface area (Å²) in [4.78, 5) is 11.9. The molecule has 3 nitrogen and oxygen atoms in total. The molecule has 110 valence electrons. The van der Waals surface area contributed by atoms with Gasteiger partial charge in [0.25, 0.3) is 0 Å². The fourth-order valence-corrected chi connectivity index (χ4v) is 3.07. The Morgan fingerprint density at radius 1 is 1.40 bits per heavy atom. The molecule has 1 aromatic rings. The van der Waals surface area contributed by atoms with Crippen molar-refractivity contribution < 1.29 is 14.6 Å². The highest BCUT2D eigenvalue weighted by molar-refractivity contribution is 5.82. The van der Waals surface area contributed by atoms with E-state index in [1.165, 1.54) is 5.56 Å². The summed E-state index contributed by atoms with van der Waals surface area (Å²) in [6.07, 6.45) is 3.20. The lowest BCUT2D eigenvalue weighted by molar-refractivity contribution is -0.145. The van der Waals surface area contributed by atoms with E-state index >= 15 is 0 Å². The third kappa shape index (κ3) is 3.04. The number of hydrogen-bond donors (Lipinski definition) is 1. The molecular weight excluding hydrogens is 252 g/mol. The zero-order valence-corrected chi connectivity index (χ0v) is 12.4. The number of hydrogen-bond acceptors (Lipinski definition) is 2. The Bertz CT molecular complexity index is 467. The summed E-state index contributed by atoms with van der Waals surface area (Å²) in [5, 5.41) is 9.79. The number of rotatable bonds is 6. The number of carboxylic acid groups (broad SMARTS) is 1. The maximum absolute atomic E-state index is 11.9. The minimum Gasteiger partial charge on any atom is -0.481 e. The third-order valence-corrected chi connectivity index (χ3v) is 4.12. The maximum atomic E-state index is 11.9. The second kappa shape index (κ2) is 6.40. The van der Waals surface area contributed by atoms with Crippen LogP contribution in [0.4, 0.5) is 0 Å². The molecule has 1 aromatic carbocycles. The van der Waals surface area contributed by atoms with Crippen LogP contribution in [-0.4, -0.2) is 24.3 Å². The number of benzene rings is 1. The van der Waals surface area contributed by atoms with Crippen LogP contribution in [-0.2, 0) is 21.4 Å². The number of ether oxygens (including phenoxy) is 1. The van der Waals surface area contributed by atoms with Crippen molar-refractivity contribution in [3.05, 3.63) is 35.4 Å². The summed E-state index contributed by atoms with van der Waals surface area (Å²) in [5.74, 6) is -0.229. The third-order valence-electron chi connectivity index (χ3n) is 4.12. The van der Waals surface area contributed by atoms with Crippen LogP contribution in [0.25, 0.3) is 0 Å². The van der Waals surface area contributed by atoms with Crippen molar-refractivity contribution in [1.29, 1.82) is 0 Å². The first-order valence-electron chi connectivity index (χ1n) is 7.46. The smallest absolute Gasteiger partial charge is 0.314 e. The Morgan fingerprint density at radius 3 is 2.85 bits per heavy atom. The van der Waals surface area contributed by atoms with Gasteiger partial charge in [-0.15, -0.1) is 0 Å². The van der Waals surface area contributed by atoms with Gasteiger partial charge >= 0.3 is 5.97 Å². The quantitative estimate of drug-likeness (QED) is 0.810. The fourth-order valence-electron chi connectivity index (χ4n) is 3.07. The van der Waals surface area contributed by atoms with Gasteiger partial charge in [-0.3, -0.25) is 4.79 Å². The molecule has 0 aromatic heterocycles. The van der Waals surface area contributed by atoms with E-state index in [1.54, 1.807) is 0 Å². The van der Waals surface area contributed by atoms with Gasteiger partial charge in [0.15, 0.2) is 0 Å². The summed E-state index contributed by atoms with van der Waals surface area (Å²) < 4.78 is 5.62. The lowest BCUT2D eigenvalue weighted by Gasteiger charge is -2.35. The molecule has 0 amide bonds. The van der Waals surface area contributed by atoms with Crippen molar-refractivity contribution in [3.8, 4) is 0 Å². The first-order chi connectivity index (χ1) is 9.56. The largest absolute Gasteiger partial charge is 0.481 e. The molecule has 3 heteroatoms. The molecule has 1 aliphatic rings. The van der Waals surface area contributed by atoms with Crippen LogP contribution in [0, 0.1) is 5.92 Å². The minimum absolute atomic E-state index is 0.481. The average molecular weight is 276 g/mol. The van der Waals surface area contributed by atoms with Gasteiger partial charge < -0.3 is 9.84 Å². The first-order valence-corrected chi connectivity index (χ1v) is 7.46. The van der Waals surface area contributed by atoms with Gasteiger partial charge in [0.05, 0.1) is 5.41 Å². The van der Waals surface area contributed by atoms with Crippen LogP contribution in [0.2, 0.25) is 0 Å². The molecule has 0 spiro atoms. The van der Waals surface area contributed by atoms with E-state index < -0.39 is 11.4 Å². The SMILES string of the molecule is CC(C)COCCC1(C(=O)O)CCCc2ccccc21. The number of aryl methyl sites for hydroxylation is 1. The molecule has 1 unspecified atom stereocenters. The van der Waals surface area contributed by atoms with Crippen molar-refractivity contribution in [2.24, 2.45) is 5.92 Å². The van der Waals surface area contributed by atoms with Crippen LogP contribution in [0.3, 0.4) is 0 Å². The molecule has 2 rings (SSSR count). The summed E-state index contributed by atoms with van der Waals surface area (Å²) >= 11 is 0. The van der Waals surface area contributed by atoms with Crippen molar-refractivity contribution in [3.63, 3.8) is 0 Å². The number of carbonyl (C=O) groups is 1. The van der Waals surface area contributed by atoms with Gasteiger partial charge in [-0.1, -0.05) is 38.1 Å². The van der Waals surface area contributed by atoms with Crippen LogP contribution in [0.5, 0.6) is 0 Å². The summed E-state index contributed by atoms with van der Waals surface area (Å²) in [6.45, 7) is 5.40. The molecule has 0 bridgehead atoms. The van der Waals surface area contributed by atoms with E-state index in [4.69, 9.17) is 4.74 Å². The Kier molecular flexibility index (Phi) is 4.81. The molecule has 0 heterocycles. The second-order valence-corrected chi connectivity index (χ2v) is 6.12. The van der Waals surface area contributed by atoms with E-state index in [0.29, 0.717) is 32.0 Å². The van der Waals surface area contributed by atoms with Gasteiger partial charge in [-0.2, -0.15) is 0 Å². The summed E-state index contributed by atoms with van der Waals surface area (Å²) in [7, 11) is 0. The molecule has 1 N–H and O–H groups in total. The topological polar surface area (TPSA) is 46.5 Å². The predicted molar refractivity (Wildman–Crippen MR) is 79.0 cm³/mol. The lowest BCUT2D eigenvalue weighted by atomic mass is 9.68. The highest BCUT2D eigenvalue weighted by Crippen LogP contribution is 2.40. The van der Waals surface area contributed by atoms with E-state index in [0.717, 1.165) is 18.4 Å². The minimum atomic E-state index is -0.758. The van der Waals surface area contributed by atoms with Gasteiger partial charge in [-0.25, -0.2) is 0 Å². The normalized spacial score (nSPS) is 21.8. The standard InChI is InChI=1S/C17H24O3/c1-13(2)12-20-11-10-17(16(18)19)9-5-7-14-6-3-4-8-15(14)17/h3-4,6,8,13H,5,7,9-12H2,1-2H3,(H,18,19). The van der Waals surface area contributed by atoms with E-state index in [-0.39, 0.29) is 0 Å². The van der Waals surface area contributed by atoms with Gasteiger partial charge in [-0.05, 0) is 42.7 Å². The molecule has 0 saturated heterocycles. The summed E-state index contributed by atoms with van der Waals surface area (Å²) in [6, 6.07) is 7.97. The molecular formula is C17H24O3. The van der Waals surface area contributed by atoms with Gasteiger partial charge in [0.2, 0.25) is 0 Å². The molecule has 0 saturated carbocycles. The monoisotopic (exact) mass is 276 g/mol. The first kappa shape index (κ1) is 15.0. The van der Waals surface area contributed by atoms with Crippen LogP contribution >= 0.6 is 0 Å². The highest BCUT2D eigenvalue weighted by Gasteiger charge is 2.42. The van der Waals surface area contributed by atoms with Crippen molar-refractivity contribution in [1.82, 2.24) is 0 Å². The van der Waals surface area contributed by atoms with Crippen LogP contribution in [0.1, 0.15) is 44.2 Å². The zero-order chi connectivity index (χ0) is 14.6. The van der Waals surface area contributed by atoms with E-state index in [1.807, 2.05) is 18.2 Å². The Hall–Kier alpha value is -1.35. The van der Waals surface area contributed by atoms with Gasteiger partial charge in [0.1, 0.15) is 0 Å². The van der Waals surface area contributed by atoms with Crippen molar-refractivity contribution in [2.45, 2.75) is 44.9 Å². The zero-order valence-electron chi connectivity index (χ0n) is 12.4. The molecule has 0 fully saturated rings. The van der Waals surface area contributed by atoms with Crippen molar-refractivity contribution >= 4 is 5.97 Å². The average Bonchev–Trinajstić information content (AvgIpc) is 2.43. The van der Waals surface area contributed by atoms with E-state index in [9.17, 15) is 9.90 Å². The van der Waals surface area contributed by atoms with Crippen molar-refractivity contribution in [2.75, 3.05) is 13.2 Å². The highest BCUT2D eigenvalue weighted by atomic mass is 16.5. The molecule has 0 radical (unpaired) electrons. The number of aliphatic carboxylic acids is 1. The predicted octanol–water partition coefficient (Wildman–Crippen LogP) is 3.41.